The van der Waals surface area contributed by atoms with Gasteiger partial charge in [0.05, 0.1) is 5.60 Å². The van der Waals surface area contributed by atoms with Crippen molar-refractivity contribution in [2.45, 2.75) is 45.3 Å². The molecule has 0 spiro atoms. The van der Waals surface area contributed by atoms with Gasteiger partial charge in [0, 0.05) is 12.6 Å². The fourth-order valence-electron chi connectivity index (χ4n) is 1.27. The lowest BCUT2D eigenvalue weighted by Crippen LogP contribution is -2.44. The van der Waals surface area contributed by atoms with Gasteiger partial charge in [-0.25, -0.2) is 0 Å². The van der Waals surface area contributed by atoms with Gasteiger partial charge in [-0.2, -0.15) is 0 Å². The Labute approximate surface area is 76.9 Å². The lowest BCUT2D eigenvalue weighted by molar-refractivity contribution is -0.0212. The highest BCUT2D eigenvalue weighted by molar-refractivity contribution is 4.85. The van der Waals surface area contributed by atoms with Crippen molar-refractivity contribution in [1.82, 2.24) is 4.90 Å². The Balaban J connectivity index is 4.23. The number of methoxy groups -OCH3 is 1. The molecule has 2 heteroatoms. The van der Waals surface area contributed by atoms with Gasteiger partial charge in [-0.15, -0.1) is 0 Å². The van der Waals surface area contributed by atoms with Gasteiger partial charge in [-0.05, 0) is 48.2 Å². The summed E-state index contributed by atoms with van der Waals surface area (Å²) in [5, 5.41) is 0. The van der Waals surface area contributed by atoms with Crippen molar-refractivity contribution >= 4 is 0 Å². The minimum atomic E-state index is -0.0340. The third-order valence-electron chi connectivity index (χ3n) is 2.62. The zero-order valence-electron chi connectivity index (χ0n) is 9.56. The van der Waals surface area contributed by atoms with Crippen LogP contribution in [0.5, 0.6) is 0 Å². The minimum absolute atomic E-state index is 0.0340. The van der Waals surface area contributed by atoms with Crippen molar-refractivity contribution in [2.24, 2.45) is 0 Å². The average molecular weight is 173 g/mol. The van der Waals surface area contributed by atoms with Gasteiger partial charge in [0.15, 0.2) is 0 Å². The first-order valence-electron chi connectivity index (χ1n) is 4.44. The average Bonchev–Trinajstić information content (AvgIpc) is 1.85. The highest BCUT2D eigenvalue weighted by Gasteiger charge is 2.29. The Morgan fingerprint density at radius 3 is 1.75 bits per heavy atom. The molecule has 12 heavy (non-hydrogen) atoms. The molecule has 2 nitrogen and oxygen atoms in total. The predicted molar refractivity (Wildman–Crippen MR) is 53.5 cm³/mol. The first kappa shape index (κ1) is 11.9. The zero-order chi connectivity index (χ0) is 9.99. The predicted octanol–water partition coefficient (Wildman–Crippen LogP) is 2.14. The molecular formula is C10H23NO. The number of rotatable bonds is 4. The number of ether oxygens (including phenoxy) is 1. The molecule has 0 unspecified atom stereocenters. The first-order chi connectivity index (χ1) is 5.21. The molecule has 0 aliphatic heterocycles. The molecule has 0 radical (unpaired) electrons. The van der Waals surface area contributed by atoms with Crippen LogP contribution in [0.25, 0.3) is 0 Å². The van der Waals surface area contributed by atoms with Crippen LogP contribution in [0.15, 0.2) is 0 Å². The van der Waals surface area contributed by atoms with Crippen LogP contribution in [-0.4, -0.2) is 37.2 Å². The Bertz CT molecular complexity index is 139. The van der Waals surface area contributed by atoms with Gasteiger partial charge in [-0.3, -0.25) is 0 Å². The van der Waals surface area contributed by atoms with Crippen molar-refractivity contribution in [3.05, 3.63) is 0 Å². The monoisotopic (exact) mass is 173 g/mol. The van der Waals surface area contributed by atoms with Crippen LogP contribution in [0.1, 0.15) is 34.1 Å². The van der Waals surface area contributed by atoms with Gasteiger partial charge in [0.2, 0.25) is 0 Å². The molecule has 0 amide bonds. The van der Waals surface area contributed by atoms with E-state index in [0.717, 1.165) is 6.42 Å². The summed E-state index contributed by atoms with van der Waals surface area (Å²) >= 11 is 0. The van der Waals surface area contributed by atoms with Crippen molar-refractivity contribution in [3.63, 3.8) is 0 Å². The summed E-state index contributed by atoms with van der Waals surface area (Å²) in [5.41, 5.74) is 0.160. The second-order valence-electron chi connectivity index (χ2n) is 4.85. The summed E-state index contributed by atoms with van der Waals surface area (Å²) in [7, 11) is 5.98. The summed E-state index contributed by atoms with van der Waals surface area (Å²) in [4.78, 5) is 2.23. The van der Waals surface area contributed by atoms with Crippen molar-refractivity contribution in [1.29, 1.82) is 0 Å². The second-order valence-corrected chi connectivity index (χ2v) is 4.85. The van der Waals surface area contributed by atoms with Gasteiger partial charge in [0.1, 0.15) is 0 Å². The number of hydrogen-bond acceptors (Lipinski definition) is 2. The van der Waals surface area contributed by atoms with E-state index in [1.54, 1.807) is 7.11 Å². The topological polar surface area (TPSA) is 12.5 Å². The lowest BCUT2D eigenvalue weighted by Gasteiger charge is -2.38. The Kier molecular flexibility index (Phi) is 3.73. The molecule has 0 aromatic rings. The van der Waals surface area contributed by atoms with Crippen LogP contribution < -0.4 is 0 Å². The third-order valence-corrected chi connectivity index (χ3v) is 2.62. The SMILES string of the molecule is COC(C)(C)CC(C)(C)N(C)C. The quantitative estimate of drug-likeness (QED) is 0.646. The molecule has 0 aromatic heterocycles. The van der Waals surface area contributed by atoms with E-state index >= 15 is 0 Å². The molecule has 0 aromatic carbocycles. The van der Waals surface area contributed by atoms with E-state index in [2.05, 4.69) is 46.7 Å². The Morgan fingerprint density at radius 1 is 1.08 bits per heavy atom. The van der Waals surface area contributed by atoms with Crippen LogP contribution in [0.4, 0.5) is 0 Å². The minimum Gasteiger partial charge on any atom is -0.379 e. The van der Waals surface area contributed by atoms with E-state index in [-0.39, 0.29) is 11.1 Å². The van der Waals surface area contributed by atoms with E-state index in [9.17, 15) is 0 Å². The molecular weight excluding hydrogens is 150 g/mol. The molecule has 0 aliphatic carbocycles. The molecule has 0 atom stereocenters. The standard InChI is InChI=1S/C10H23NO/c1-9(2,11(5)6)8-10(3,4)12-7/h8H2,1-7H3. The van der Waals surface area contributed by atoms with Gasteiger partial charge in [-0.1, -0.05) is 0 Å². The normalized spacial score (nSPS) is 14.0. The maximum Gasteiger partial charge on any atom is 0.0640 e. The first-order valence-corrected chi connectivity index (χ1v) is 4.44. The van der Waals surface area contributed by atoms with Crippen LogP contribution in [0, 0.1) is 0 Å². The molecule has 0 bridgehead atoms. The van der Waals surface area contributed by atoms with Gasteiger partial charge < -0.3 is 9.64 Å². The van der Waals surface area contributed by atoms with Crippen molar-refractivity contribution in [3.8, 4) is 0 Å². The van der Waals surface area contributed by atoms with E-state index < -0.39 is 0 Å². The maximum atomic E-state index is 5.40. The van der Waals surface area contributed by atoms with Crippen molar-refractivity contribution < 1.29 is 4.74 Å². The van der Waals surface area contributed by atoms with Gasteiger partial charge >= 0.3 is 0 Å². The fourth-order valence-corrected chi connectivity index (χ4v) is 1.27. The van der Waals surface area contributed by atoms with Crippen LogP contribution in [0.3, 0.4) is 0 Å². The third kappa shape index (κ3) is 3.55. The fraction of sp³-hybridized carbons (Fsp3) is 1.00. The van der Waals surface area contributed by atoms with Crippen LogP contribution in [0.2, 0.25) is 0 Å². The van der Waals surface area contributed by atoms with Crippen molar-refractivity contribution in [2.75, 3.05) is 21.2 Å². The van der Waals surface area contributed by atoms with E-state index in [0.29, 0.717) is 0 Å². The second kappa shape index (κ2) is 3.75. The molecule has 0 fully saturated rings. The summed E-state index contributed by atoms with van der Waals surface area (Å²) < 4.78 is 5.40. The molecule has 0 N–H and O–H groups in total. The molecule has 0 saturated carbocycles. The summed E-state index contributed by atoms with van der Waals surface area (Å²) in [5.74, 6) is 0. The van der Waals surface area contributed by atoms with E-state index in [1.165, 1.54) is 0 Å². The largest absolute Gasteiger partial charge is 0.379 e. The maximum absolute atomic E-state index is 5.40. The number of nitrogens with zero attached hydrogens (tertiary/aromatic N) is 1. The smallest absolute Gasteiger partial charge is 0.0640 e. The highest BCUT2D eigenvalue weighted by Crippen LogP contribution is 2.25. The Morgan fingerprint density at radius 2 is 1.50 bits per heavy atom. The molecule has 0 heterocycles. The summed E-state index contributed by atoms with van der Waals surface area (Å²) in [6, 6.07) is 0. The van der Waals surface area contributed by atoms with Gasteiger partial charge in [0.25, 0.3) is 0 Å². The Hall–Kier alpha value is -0.0800. The highest BCUT2D eigenvalue weighted by atomic mass is 16.5. The molecule has 74 valence electrons. The van der Waals surface area contributed by atoms with Crippen LogP contribution in [-0.2, 0) is 4.74 Å². The van der Waals surface area contributed by atoms with E-state index in [1.807, 2.05) is 0 Å². The van der Waals surface area contributed by atoms with Crippen LogP contribution >= 0.6 is 0 Å². The summed E-state index contributed by atoms with van der Waals surface area (Å²) in [6.07, 6.45) is 1.03. The molecule has 0 aliphatic rings. The molecule has 0 rings (SSSR count). The zero-order valence-corrected chi connectivity index (χ0v) is 9.56. The summed E-state index contributed by atoms with van der Waals surface area (Å²) in [6.45, 7) is 8.71. The lowest BCUT2D eigenvalue weighted by atomic mass is 9.88. The number of hydrogen-bond donors (Lipinski definition) is 0. The van der Waals surface area contributed by atoms with E-state index in [4.69, 9.17) is 4.74 Å². The molecule has 0 saturated heterocycles.